The molecule has 3 aliphatic rings. The molecule has 1 aromatic carbocycles. The molecule has 0 radical (unpaired) electrons. The van der Waals surface area contributed by atoms with Gasteiger partial charge in [-0.05, 0) is 64.1 Å². The summed E-state index contributed by atoms with van der Waals surface area (Å²) in [6.45, 7) is 1.39. The highest BCUT2D eigenvalue weighted by molar-refractivity contribution is 5.88. The molecule has 1 heterocycles. The largest absolute Gasteiger partial charge is 0.358 e. The van der Waals surface area contributed by atoms with Gasteiger partial charge in [-0.2, -0.15) is 0 Å². The fourth-order valence-electron chi connectivity index (χ4n) is 6.18. The summed E-state index contributed by atoms with van der Waals surface area (Å²) in [5.41, 5.74) is 1.05. The number of nitrogens with one attached hydrogen (secondary N) is 1. The van der Waals surface area contributed by atoms with Crippen LogP contribution in [0.25, 0.3) is 0 Å². The molecule has 0 aromatic heterocycles. The number of hydrogen-bond donors (Lipinski definition) is 1. The smallest absolute Gasteiger partial charge is 0.321 e. The lowest BCUT2D eigenvalue weighted by atomic mass is 9.68. The van der Waals surface area contributed by atoms with Gasteiger partial charge >= 0.3 is 6.03 Å². The van der Waals surface area contributed by atoms with Gasteiger partial charge in [0, 0.05) is 32.7 Å². The number of nitrogens with zero attached hydrogens (tertiary/aromatic N) is 4. The number of carbonyl (C=O) groups is 3. The van der Waals surface area contributed by atoms with E-state index in [1.165, 1.54) is 29.7 Å². The van der Waals surface area contributed by atoms with Gasteiger partial charge in [0.25, 0.3) is 0 Å². The monoisotopic (exact) mass is 483 g/mol. The summed E-state index contributed by atoms with van der Waals surface area (Å²) in [5, 5.41) is 2.55. The molecule has 1 N–H and O–H groups in total. The Bertz CT molecular complexity index is 922. The molecule has 1 spiro atoms. The number of likely N-dealkylation sites (N-methyl/N-ethyl adjacent to an activating group) is 2. The summed E-state index contributed by atoms with van der Waals surface area (Å²) in [6, 6.07) is 10.7. The third-order valence-corrected chi connectivity index (χ3v) is 8.81. The standard InChI is InChI=1S/C27H41N5O3/c1-28-23(33)18-30(4)24(34)19-31-20-26(32(25(31)35)17-21-9-8-10-21)13-15-27(16-14-26,29(2)3)22-11-6-5-7-12-22/h5-7,11-12,21H,8-10,13-20H2,1-4H3,(H,28,33)/t26-,27-. The van der Waals surface area contributed by atoms with Gasteiger partial charge in [-0.25, -0.2) is 4.79 Å². The van der Waals surface area contributed by atoms with E-state index >= 15 is 0 Å². The van der Waals surface area contributed by atoms with Crippen molar-refractivity contribution in [1.82, 2.24) is 24.9 Å². The van der Waals surface area contributed by atoms with E-state index in [9.17, 15) is 14.4 Å². The Labute approximate surface area is 209 Å². The number of urea groups is 1. The average Bonchev–Trinajstić information content (AvgIpc) is 3.07. The summed E-state index contributed by atoms with van der Waals surface area (Å²) >= 11 is 0. The maximum Gasteiger partial charge on any atom is 0.321 e. The fourth-order valence-corrected chi connectivity index (χ4v) is 6.18. The predicted octanol–water partition coefficient (Wildman–Crippen LogP) is 2.50. The maximum absolute atomic E-state index is 13.6. The number of rotatable bonds is 8. The van der Waals surface area contributed by atoms with Crippen molar-refractivity contribution >= 4 is 17.8 Å². The van der Waals surface area contributed by atoms with Gasteiger partial charge in [-0.1, -0.05) is 36.8 Å². The van der Waals surface area contributed by atoms with Crippen molar-refractivity contribution in [3.63, 3.8) is 0 Å². The molecule has 1 saturated heterocycles. The van der Waals surface area contributed by atoms with Crippen LogP contribution < -0.4 is 5.32 Å². The van der Waals surface area contributed by atoms with E-state index in [-0.39, 0.29) is 42.0 Å². The first-order chi connectivity index (χ1) is 16.7. The Morgan fingerprint density at radius 3 is 2.26 bits per heavy atom. The van der Waals surface area contributed by atoms with E-state index in [2.05, 4.69) is 59.5 Å². The van der Waals surface area contributed by atoms with E-state index in [0.29, 0.717) is 12.5 Å². The summed E-state index contributed by atoms with van der Waals surface area (Å²) in [7, 11) is 7.49. The first-order valence-corrected chi connectivity index (χ1v) is 12.9. The van der Waals surface area contributed by atoms with Crippen molar-refractivity contribution in [2.75, 3.05) is 54.4 Å². The zero-order valence-corrected chi connectivity index (χ0v) is 21.8. The Hall–Kier alpha value is -2.61. The lowest BCUT2D eigenvalue weighted by molar-refractivity contribution is -0.134. The molecule has 0 unspecified atom stereocenters. The lowest BCUT2D eigenvalue weighted by Gasteiger charge is -2.51. The Balaban J connectivity index is 1.53. The molecule has 3 fully saturated rings. The van der Waals surface area contributed by atoms with Gasteiger partial charge in [-0.15, -0.1) is 0 Å². The number of hydrogen-bond acceptors (Lipinski definition) is 4. The second-order valence-corrected chi connectivity index (χ2v) is 11.0. The van der Waals surface area contributed by atoms with E-state index in [4.69, 9.17) is 0 Å². The molecule has 2 aliphatic carbocycles. The van der Waals surface area contributed by atoms with Crippen LogP contribution in [-0.4, -0.2) is 97.4 Å². The highest BCUT2D eigenvalue weighted by Gasteiger charge is 2.55. The summed E-state index contributed by atoms with van der Waals surface area (Å²) < 4.78 is 0. The van der Waals surface area contributed by atoms with E-state index < -0.39 is 0 Å². The minimum Gasteiger partial charge on any atom is -0.358 e. The molecular weight excluding hydrogens is 442 g/mol. The van der Waals surface area contributed by atoms with Gasteiger partial charge < -0.3 is 20.0 Å². The molecule has 0 atom stereocenters. The van der Waals surface area contributed by atoms with Crippen LogP contribution >= 0.6 is 0 Å². The SMILES string of the molecule is CNC(=O)CN(C)C(=O)CN1C[C@]2(CC[C@@](c3ccccc3)(N(C)C)CC2)N(CC2CCC2)C1=O. The van der Waals surface area contributed by atoms with Crippen molar-refractivity contribution in [2.24, 2.45) is 5.92 Å². The van der Waals surface area contributed by atoms with Crippen molar-refractivity contribution in [3.05, 3.63) is 35.9 Å². The van der Waals surface area contributed by atoms with E-state index in [0.717, 1.165) is 32.2 Å². The zero-order chi connectivity index (χ0) is 25.2. The lowest BCUT2D eigenvalue weighted by Crippen LogP contribution is -2.56. The van der Waals surface area contributed by atoms with Crippen LogP contribution in [0.5, 0.6) is 0 Å². The summed E-state index contributed by atoms with van der Waals surface area (Å²) in [5.74, 6) is 0.146. The highest BCUT2D eigenvalue weighted by atomic mass is 16.2. The molecule has 8 nitrogen and oxygen atoms in total. The molecule has 1 aliphatic heterocycles. The second-order valence-electron chi connectivity index (χ2n) is 11.0. The Morgan fingerprint density at radius 1 is 1.06 bits per heavy atom. The van der Waals surface area contributed by atoms with E-state index in [1.54, 1.807) is 19.0 Å². The first-order valence-electron chi connectivity index (χ1n) is 12.9. The van der Waals surface area contributed by atoms with Gasteiger partial charge in [-0.3, -0.25) is 14.5 Å². The van der Waals surface area contributed by atoms with Crippen molar-refractivity contribution in [1.29, 1.82) is 0 Å². The van der Waals surface area contributed by atoms with Crippen molar-refractivity contribution in [3.8, 4) is 0 Å². The molecule has 35 heavy (non-hydrogen) atoms. The number of carbonyl (C=O) groups excluding carboxylic acids is 3. The van der Waals surface area contributed by atoms with Crippen molar-refractivity contribution in [2.45, 2.75) is 56.0 Å². The Morgan fingerprint density at radius 2 is 1.71 bits per heavy atom. The predicted molar refractivity (Wildman–Crippen MR) is 136 cm³/mol. The average molecular weight is 484 g/mol. The van der Waals surface area contributed by atoms with Crippen LogP contribution in [0.3, 0.4) is 0 Å². The molecular formula is C27H41N5O3. The van der Waals surface area contributed by atoms with E-state index in [1.807, 2.05) is 0 Å². The van der Waals surface area contributed by atoms with Crippen LogP contribution in [0.4, 0.5) is 4.79 Å². The maximum atomic E-state index is 13.6. The summed E-state index contributed by atoms with van der Waals surface area (Å²) in [6.07, 6.45) is 7.37. The van der Waals surface area contributed by atoms with Crippen molar-refractivity contribution < 1.29 is 14.4 Å². The first kappa shape index (κ1) is 25.5. The molecule has 192 valence electrons. The van der Waals surface area contributed by atoms with Crippen LogP contribution in [0.15, 0.2) is 30.3 Å². The van der Waals surface area contributed by atoms with Gasteiger partial charge in [0.1, 0.15) is 6.54 Å². The molecule has 8 heteroatoms. The molecule has 2 saturated carbocycles. The third kappa shape index (κ3) is 4.90. The summed E-state index contributed by atoms with van der Waals surface area (Å²) in [4.78, 5) is 45.8. The van der Waals surface area contributed by atoms with Gasteiger partial charge in [0.05, 0.1) is 12.1 Å². The highest BCUT2D eigenvalue weighted by Crippen LogP contribution is 2.49. The minimum atomic E-state index is -0.236. The molecule has 1 aromatic rings. The third-order valence-electron chi connectivity index (χ3n) is 8.81. The molecule has 0 bridgehead atoms. The number of amides is 4. The number of benzene rings is 1. The Kier molecular flexibility index (Phi) is 7.40. The molecule has 4 rings (SSSR count). The quantitative estimate of drug-likeness (QED) is 0.617. The van der Waals surface area contributed by atoms with Crippen LogP contribution in [0.2, 0.25) is 0 Å². The minimum absolute atomic E-state index is 0.00325. The van der Waals surface area contributed by atoms with Gasteiger partial charge in [0.2, 0.25) is 11.8 Å². The topological polar surface area (TPSA) is 76.2 Å². The van der Waals surface area contributed by atoms with Crippen LogP contribution in [0, 0.1) is 5.92 Å². The second kappa shape index (κ2) is 10.2. The molecule has 4 amide bonds. The zero-order valence-electron chi connectivity index (χ0n) is 21.8. The fraction of sp³-hybridized carbons (Fsp3) is 0.667. The van der Waals surface area contributed by atoms with Gasteiger partial charge in [0.15, 0.2) is 0 Å². The normalized spacial score (nSPS) is 26.8. The van der Waals surface area contributed by atoms with Crippen LogP contribution in [-0.2, 0) is 15.1 Å². The van der Waals surface area contributed by atoms with Crippen LogP contribution in [0.1, 0.15) is 50.5 Å².